The average Bonchev–Trinajstić information content (AvgIpc) is 2.29. The van der Waals surface area contributed by atoms with Gasteiger partial charge in [-0.3, -0.25) is 0 Å². The Hall–Kier alpha value is -1.02. The molecule has 1 saturated heterocycles. The summed E-state index contributed by atoms with van der Waals surface area (Å²) < 4.78 is 0. The van der Waals surface area contributed by atoms with Gasteiger partial charge in [-0.05, 0) is 36.5 Å². The molecule has 1 aliphatic heterocycles. The first-order valence-corrected chi connectivity index (χ1v) is 6.27. The lowest BCUT2D eigenvalue weighted by molar-refractivity contribution is 0.506. The molecule has 88 valence electrons. The van der Waals surface area contributed by atoms with Crippen LogP contribution in [0, 0.1) is 0 Å². The van der Waals surface area contributed by atoms with Crippen LogP contribution in [0.15, 0.2) is 24.3 Å². The Bertz CT molecular complexity index is 346. The summed E-state index contributed by atoms with van der Waals surface area (Å²) in [5, 5.41) is 0. The highest BCUT2D eigenvalue weighted by atomic mass is 15.1. The second-order valence-corrected chi connectivity index (χ2v) is 5.10. The molecule has 1 aromatic carbocycles. The van der Waals surface area contributed by atoms with Crippen molar-refractivity contribution in [3.05, 3.63) is 29.8 Å². The second kappa shape index (κ2) is 4.88. The predicted molar refractivity (Wildman–Crippen MR) is 70.0 cm³/mol. The molecule has 1 unspecified atom stereocenters. The highest BCUT2D eigenvalue weighted by Crippen LogP contribution is 2.23. The van der Waals surface area contributed by atoms with E-state index in [1.54, 1.807) is 0 Å². The molecule has 2 nitrogen and oxygen atoms in total. The van der Waals surface area contributed by atoms with Crippen LogP contribution in [0.1, 0.15) is 38.2 Å². The van der Waals surface area contributed by atoms with Crippen molar-refractivity contribution >= 4 is 5.69 Å². The molecule has 0 aromatic heterocycles. The molecule has 16 heavy (non-hydrogen) atoms. The van der Waals surface area contributed by atoms with Crippen LogP contribution >= 0.6 is 0 Å². The third-order valence-corrected chi connectivity index (χ3v) is 3.36. The van der Waals surface area contributed by atoms with E-state index in [9.17, 15) is 0 Å². The average molecular weight is 218 g/mol. The fourth-order valence-electron chi connectivity index (χ4n) is 2.33. The number of nitrogens with two attached hydrogens (primary N) is 1. The summed E-state index contributed by atoms with van der Waals surface area (Å²) in [7, 11) is 0. The fraction of sp³-hybridized carbons (Fsp3) is 0.571. The lowest BCUT2D eigenvalue weighted by Crippen LogP contribution is -2.42. The van der Waals surface area contributed by atoms with Crippen LogP contribution in [-0.4, -0.2) is 19.1 Å². The van der Waals surface area contributed by atoms with Gasteiger partial charge in [-0.25, -0.2) is 0 Å². The molecule has 0 aliphatic carbocycles. The number of anilines is 1. The summed E-state index contributed by atoms with van der Waals surface area (Å²) in [5.41, 5.74) is 8.77. The van der Waals surface area contributed by atoms with Gasteiger partial charge in [0, 0.05) is 24.8 Å². The molecule has 0 bridgehead atoms. The Morgan fingerprint density at radius 1 is 1.38 bits per heavy atom. The van der Waals surface area contributed by atoms with Crippen molar-refractivity contribution in [3.8, 4) is 0 Å². The van der Waals surface area contributed by atoms with Crippen molar-refractivity contribution in [1.29, 1.82) is 0 Å². The van der Waals surface area contributed by atoms with Gasteiger partial charge in [-0.2, -0.15) is 0 Å². The van der Waals surface area contributed by atoms with E-state index in [0.29, 0.717) is 12.0 Å². The number of benzene rings is 1. The van der Waals surface area contributed by atoms with E-state index < -0.39 is 0 Å². The molecule has 2 N–H and O–H groups in total. The Labute approximate surface area is 98.4 Å². The van der Waals surface area contributed by atoms with E-state index >= 15 is 0 Å². The molecule has 0 amide bonds. The van der Waals surface area contributed by atoms with Gasteiger partial charge in [0.2, 0.25) is 0 Å². The standard InChI is InChI=1S/C14H22N2/c1-11(2)12-5-3-7-14(9-12)16-8-4-6-13(15)10-16/h3,5,7,9,11,13H,4,6,8,10,15H2,1-2H3. The van der Waals surface area contributed by atoms with E-state index in [0.717, 1.165) is 13.1 Å². The van der Waals surface area contributed by atoms with Crippen LogP contribution in [0.3, 0.4) is 0 Å². The maximum absolute atomic E-state index is 6.02. The van der Waals surface area contributed by atoms with Gasteiger partial charge in [0.1, 0.15) is 0 Å². The summed E-state index contributed by atoms with van der Waals surface area (Å²) in [6.07, 6.45) is 2.38. The molecule has 1 aliphatic rings. The Morgan fingerprint density at radius 3 is 2.88 bits per heavy atom. The molecule has 1 atom stereocenters. The van der Waals surface area contributed by atoms with Crippen molar-refractivity contribution in [3.63, 3.8) is 0 Å². The lowest BCUT2D eigenvalue weighted by atomic mass is 10.0. The van der Waals surface area contributed by atoms with Crippen molar-refractivity contribution in [2.75, 3.05) is 18.0 Å². The number of hydrogen-bond donors (Lipinski definition) is 1. The zero-order valence-corrected chi connectivity index (χ0v) is 10.3. The van der Waals surface area contributed by atoms with Gasteiger partial charge < -0.3 is 10.6 Å². The first-order chi connectivity index (χ1) is 7.66. The Kier molecular flexibility index (Phi) is 3.49. The van der Waals surface area contributed by atoms with Gasteiger partial charge in [-0.1, -0.05) is 26.0 Å². The summed E-state index contributed by atoms with van der Waals surface area (Å²) in [5.74, 6) is 0.596. The summed E-state index contributed by atoms with van der Waals surface area (Å²) in [6, 6.07) is 9.21. The fourth-order valence-corrected chi connectivity index (χ4v) is 2.33. The normalized spacial score (nSPS) is 21.5. The molecule has 0 saturated carbocycles. The van der Waals surface area contributed by atoms with E-state index in [2.05, 4.69) is 43.0 Å². The minimum atomic E-state index is 0.344. The quantitative estimate of drug-likeness (QED) is 0.827. The zero-order valence-electron chi connectivity index (χ0n) is 10.3. The van der Waals surface area contributed by atoms with E-state index in [4.69, 9.17) is 5.73 Å². The molecule has 0 spiro atoms. The largest absolute Gasteiger partial charge is 0.370 e. The lowest BCUT2D eigenvalue weighted by Gasteiger charge is -2.33. The predicted octanol–water partition coefficient (Wildman–Crippen LogP) is 2.74. The van der Waals surface area contributed by atoms with E-state index in [-0.39, 0.29) is 0 Å². The van der Waals surface area contributed by atoms with Crippen molar-refractivity contribution < 1.29 is 0 Å². The molecule has 2 heteroatoms. The highest BCUT2D eigenvalue weighted by molar-refractivity contribution is 5.49. The second-order valence-electron chi connectivity index (χ2n) is 5.10. The summed E-state index contributed by atoms with van der Waals surface area (Å²) in [4.78, 5) is 2.42. The number of nitrogens with zero attached hydrogens (tertiary/aromatic N) is 1. The maximum Gasteiger partial charge on any atom is 0.0369 e. The van der Waals surface area contributed by atoms with Crippen LogP contribution in [0.2, 0.25) is 0 Å². The topological polar surface area (TPSA) is 29.3 Å². The molecule has 2 rings (SSSR count). The third kappa shape index (κ3) is 2.56. The van der Waals surface area contributed by atoms with Crippen LogP contribution in [0.25, 0.3) is 0 Å². The third-order valence-electron chi connectivity index (χ3n) is 3.36. The van der Waals surface area contributed by atoms with Crippen LogP contribution in [0.4, 0.5) is 5.69 Å². The Morgan fingerprint density at radius 2 is 2.19 bits per heavy atom. The minimum Gasteiger partial charge on any atom is -0.370 e. The van der Waals surface area contributed by atoms with E-state index in [1.807, 2.05) is 0 Å². The number of piperidine rings is 1. The van der Waals surface area contributed by atoms with Gasteiger partial charge in [0.25, 0.3) is 0 Å². The zero-order chi connectivity index (χ0) is 11.5. The number of rotatable bonds is 2. The SMILES string of the molecule is CC(C)c1cccc(N2CCCC(N)C2)c1. The summed E-state index contributed by atoms with van der Waals surface area (Å²) in [6.45, 7) is 6.62. The van der Waals surface area contributed by atoms with E-state index in [1.165, 1.54) is 24.1 Å². The maximum atomic E-state index is 6.02. The Balaban J connectivity index is 2.16. The smallest absolute Gasteiger partial charge is 0.0369 e. The molecule has 0 radical (unpaired) electrons. The molecule has 1 aromatic rings. The highest BCUT2D eigenvalue weighted by Gasteiger charge is 2.17. The number of hydrogen-bond acceptors (Lipinski definition) is 2. The summed E-state index contributed by atoms with van der Waals surface area (Å²) >= 11 is 0. The monoisotopic (exact) mass is 218 g/mol. The first-order valence-electron chi connectivity index (χ1n) is 6.27. The van der Waals surface area contributed by atoms with Crippen molar-refractivity contribution in [1.82, 2.24) is 0 Å². The van der Waals surface area contributed by atoms with Crippen molar-refractivity contribution in [2.24, 2.45) is 5.73 Å². The molecular weight excluding hydrogens is 196 g/mol. The molecule has 1 fully saturated rings. The molecular formula is C14H22N2. The van der Waals surface area contributed by atoms with Gasteiger partial charge in [-0.15, -0.1) is 0 Å². The first kappa shape index (κ1) is 11.5. The van der Waals surface area contributed by atoms with Gasteiger partial charge >= 0.3 is 0 Å². The van der Waals surface area contributed by atoms with Gasteiger partial charge in [0.05, 0.1) is 0 Å². The van der Waals surface area contributed by atoms with Crippen molar-refractivity contribution in [2.45, 2.75) is 38.6 Å². The molecule has 1 heterocycles. The van der Waals surface area contributed by atoms with Crippen LogP contribution in [-0.2, 0) is 0 Å². The van der Waals surface area contributed by atoms with Crippen LogP contribution in [0.5, 0.6) is 0 Å². The van der Waals surface area contributed by atoms with Crippen LogP contribution < -0.4 is 10.6 Å². The minimum absolute atomic E-state index is 0.344. The van der Waals surface area contributed by atoms with Gasteiger partial charge in [0.15, 0.2) is 0 Å².